The average Bonchev–Trinajstić information content (AvgIpc) is 2.43. The van der Waals surface area contributed by atoms with Crippen LogP contribution in [0.2, 0.25) is 5.02 Å². The predicted octanol–water partition coefficient (Wildman–Crippen LogP) is 4.02. The largest absolute Gasteiger partial charge is 0.480 e. The fourth-order valence-corrected chi connectivity index (χ4v) is 2.37. The highest BCUT2D eigenvalue weighted by atomic mass is 79.9. The molecule has 5 heteroatoms. The van der Waals surface area contributed by atoms with Crippen LogP contribution in [0.3, 0.4) is 0 Å². The van der Waals surface area contributed by atoms with Gasteiger partial charge in [-0.1, -0.05) is 48.0 Å². The molecule has 2 N–H and O–H groups in total. The van der Waals surface area contributed by atoms with Crippen molar-refractivity contribution in [1.82, 2.24) is 5.32 Å². The van der Waals surface area contributed by atoms with E-state index in [0.29, 0.717) is 21.6 Å². The molecule has 2 aromatic rings. The highest BCUT2D eigenvalue weighted by Crippen LogP contribution is 2.26. The molecule has 0 fully saturated rings. The van der Waals surface area contributed by atoms with E-state index in [9.17, 15) is 9.90 Å². The lowest BCUT2D eigenvalue weighted by molar-refractivity contribution is -0.139. The molecule has 2 aromatic carbocycles. The van der Waals surface area contributed by atoms with Crippen molar-refractivity contribution in [3.63, 3.8) is 0 Å². The Balaban J connectivity index is 2.15. The van der Waals surface area contributed by atoms with Crippen molar-refractivity contribution in [2.24, 2.45) is 0 Å². The first-order chi connectivity index (χ1) is 9.58. The maximum Gasteiger partial charge on any atom is 0.325 e. The maximum absolute atomic E-state index is 11.4. The molecule has 0 spiro atoms. The van der Waals surface area contributed by atoms with Crippen molar-refractivity contribution in [2.75, 3.05) is 0 Å². The highest BCUT2D eigenvalue weighted by Gasteiger charge is 2.19. The molecule has 0 amide bonds. The highest BCUT2D eigenvalue weighted by molar-refractivity contribution is 9.10. The molecule has 0 saturated carbocycles. The molecule has 3 nitrogen and oxygen atoms in total. The molecule has 2 rings (SSSR count). The van der Waals surface area contributed by atoms with Crippen LogP contribution in [0.15, 0.2) is 53.0 Å². The number of hydrogen-bond acceptors (Lipinski definition) is 2. The van der Waals surface area contributed by atoms with Gasteiger partial charge in [-0.25, -0.2) is 0 Å². The molecule has 0 heterocycles. The van der Waals surface area contributed by atoms with E-state index in [4.69, 9.17) is 11.6 Å². The predicted molar refractivity (Wildman–Crippen MR) is 82.8 cm³/mol. The Bertz CT molecular complexity index is 604. The second-order valence-electron chi connectivity index (χ2n) is 4.31. The lowest BCUT2D eigenvalue weighted by Gasteiger charge is -2.15. The van der Waals surface area contributed by atoms with Crippen LogP contribution >= 0.6 is 27.5 Å². The fourth-order valence-electron chi connectivity index (χ4n) is 1.86. The van der Waals surface area contributed by atoms with Gasteiger partial charge in [0.25, 0.3) is 0 Å². The Hall–Kier alpha value is -1.36. The van der Waals surface area contributed by atoms with Gasteiger partial charge in [0.05, 0.1) is 5.02 Å². The summed E-state index contributed by atoms with van der Waals surface area (Å²) in [5.41, 5.74) is 1.69. The number of halogens is 2. The minimum absolute atomic E-state index is 0.484. The Morgan fingerprint density at radius 3 is 2.55 bits per heavy atom. The molecular weight excluding hydrogens is 342 g/mol. The molecule has 1 unspecified atom stereocenters. The first-order valence-electron chi connectivity index (χ1n) is 6.03. The number of carboxylic acid groups (broad SMARTS) is 1. The van der Waals surface area contributed by atoms with E-state index in [-0.39, 0.29) is 0 Å². The molecule has 0 aromatic heterocycles. The van der Waals surface area contributed by atoms with Gasteiger partial charge in [0.1, 0.15) is 6.04 Å². The van der Waals surface area contributed by atoms with Crippen molar-refractivity contribution >= 4 is 33.5 Å². The first-order valence-corrected chi connectivity index (χ1v) is 7.20. The van der Waals surface area contributed by atoms with Crippen molar-refractivity contribution in [2.45, 2.75) is 12.6 Å². The van der Waals surface area contributed by atoms with E-state index in [1.165, 1.54) is 0 Å². The lowest BCUT2D eigenvalue weighted by Crippen LogP contribution is -2.28. The molecule has 20 heavy (non-hydrogen) atoms. The van der Waals surface area contributed by atoms with Gasteiger partial charge in [-0.15, -0.1) is 0 Å². The average molecular weight is 355 g/mol. The summed E-state index contributed by atoms with van der Waals surface area (Å²) < 4.78 is 0.685. The van der Waals surface area contributed by atoms with Gasteiger partial charge in [0.2, 0.25) is 0 Å². The zero-order chi connectivity index (χ0) is 14.5. The Kier molecular flexibility index (Phi) is 5.17. The quantitative estimate of drug-likeness (QED) is 0.852. The standard InChI is InChI=1S/C15H13BrClNO2/c16-12-8-11(6-7-13(12)17)14(15(19)20)18-9-10-4-2-1-3-5-10/h1-8,14,18H,9H2,(H,19,20). The zero-order valence-corrected chi connectivity index (χ0v) is 12.9. The van der Waals surface area contributed by atoms with Gasteiger partial charge in [-0.3, -0.25) is 10.1 Å². The van der Waals surface area contributed by atoms with Crippen LogP contribution < -0.4 is 5.32 Å². The van der Waals surface area contributed by atoms with E-state index >= 15 is 0 Å². The first kappa shape index (κ1) is 15.0. The van der Waals surface area contributed by atoms with Crippen molar-refractivity contribution in [1.29, 1.82) is 0 Å². The van der Waals surface area contributed by atoms with Crippen LogP contribution in [-0.2, 0) is 11.3 Å². The van der Waals surface area contributed by atoms with Gasteiger partial charge in [0.15, 0.2) is 0 Å². The van der Waals surface area contributed by atoms with E-state index in [0.717, 1.165) is 5.56 Å². The summed E-state index contributed by atoms with van der Waals surface area (Å²) in [5, 5.41) is 12.9. The summed E-state index contributed by atoms with van der Waals surface area (Å²) in [5.74, 6) is -0.921. The molecule has 1 atom stereocenters. The second kappa shape index (κ2) is 6.88. The Morgan fingerprint density at radius 2 is 1.95 bits per heavy atom. The van der Waals surface area contributed by atoms with Crippen LogP contribution in [0.25, 0.3) is 0 Å². The van der Waals surface area contributed by atoms with E-state index < -0.39 is 12.0 Å². The number of rotatable bonds is 5. The summed E-state index contributed by atoms with van der Waals surface area (Å²) in [4.78, 5) is 11.4. The second-order valence-corrected chi connectivity index (χ2v) is 5.57. The molecule has 0 aliphatic heterocycles. The number of carbonyl (C=O) groups is 1. The van der Waals surface area contributed by atoms with Crippen molar-refractivity contribution < 1.29 is 9.90 Å². The van der Waals surface area contributed by atoms with E-state index in [1.54, 1.807) is 18.2 Å². The van der Waals surface area contributed by atoms with Crippen molar-refractivity contribution in [3.05, 3.63) is 69.2 Å². The summed E-state index contributed by atoms with van der Waals surface area (Å²) >= 11 is 9.23. The maximum atomic E-state index is 11.4. The van der Waals surface area contributed by atoms with Crippen LogP contribution in [0.4, 0.5) is 0 Å². The number of hydrogen-bond donors (Lipinski definition) is 2. The van der Waals surface area contributed by atoms with Gasteiger partial charge in [0, 0.05) is 11.0 Å². The van der Waals surface area contributed by atoms with Gasteiger partial charge >= 0.3 is 5.97 Å². The molecule has 104 valence electrons. The number of benzene rings is 2. The van der Waals surface area contributed by atoms with Crippen LogP contribution in [0, 0.1) is 0 Å². The summed E-state index contributed by atoms with van der Waals surface area (Å²) in [6.07, 6.45) is 0. The third-order valence-corrected chi connectivity index (χ3v) is 4.09. The molecule has 0 radical (unpaired) electrons. The minimum atomic E-state index is -0.921. The fraction of sp³-hybridized carbons (Fsp3) is 0.133. The molecule has 0 saturated heterocycles. The Labute approximate surface area is 130 Å². The zero-order valence-electron chi connectivity index (χ0n) is 10.5. The van der Waals surface area contributed by atoms with Crippen molar-refractivity contribution in [3.8, 4) is 0 Å². The van der Waals surface area contributed by atoms with E-state index in [1.807, 2.05) is 30.3 Å². The minimum Gasteiger partial charge on any atom is -0.480 e. The molecule has 0 aliphatic rings. The number of carboxylic acids is 1. The smallest absolute Gasteiger partial charge is 0.325 e. The Morgan fingerprint density at radius 1 is 1.25 bits per heavy atom. The summed E-state index contributed by atoms with van der Waals surface area (Å²) in [7, 11) is 0. The summed E-state index contributed by atoms with van der Waals surface area (Å²) in [6.45, 7) is 0.484. The van der Waals surface area contributed by atoms with Crippen LogP contribution in [0.5, 0.6) is 0 Å². The molecular formula is C15H13BrClNO2. The number of aliphatic carboxylic acids is 1. The van der Waals surface area contributed by atoms with Gasteiger partial charge < -0.3 is 5.11 Å². The molecule has 0 bridgehead atoms. The topological polar surface area (TPSA) is 49.3 Å². The van der Waals surface area contributed by atoms with Gasteiger partial charge in [-0.05, 0) is 39.2 Å². The third-order valence-electron chi connectivity index (χ3n) is 2.88. The van der Waals surface area contributed by atoms with E-state index in [2.05, 4.69) is 21.2 Å². The third kappa shape index (κ3) is 3.82. The van der Waals surface area contributed by atoms with Crippen LogP contribution in [0.1, 0.15) is 17.2 Å². The van der Waals surface area contributed by atoms with Gasteiger partial charge in [-0.2, -0.15) is 0 Å². The summed E-state index contributed by atoms with van der Waals surface area (Å²) in [6, 6.07) is 14.0. The number of nitrogens with one attached hydrogen (secondary N) is 1. The lowest BCUT2D eigenvalue weighted by atomic mass is 10.1. The monoisotopic (exact) mass is 353 g/mol. The van der Waals surface area contributed by atoms with Crippen LogP contribution in [-0.4, -0.2) is 11.1 Å². The normalized spacial score (nSPS) is 12.1. The molecule has 0 aliphatic carbocycles. The SMILES string of the molecule is O=C(O)C(NCc1ccccc1)c1ccc(Cl)c(Br)c1.